The van der Waals surface area contributed by atoms with Crippen molar-refractivity contribution in [2.24, 2.45) is 0 Å². The van der Waals surface area contributed by atoms with Gasteiger partial charge in [-0.1, -0.05) is 0 Å². The lowest BCUT2D eigenvalue weighted by Crippen LogP contribution is -2.43. The van der Waals surface area contributed by atoms with E-state index in [1.807, 2.05) is 13.8 Å². The first-order valence-corrected chi connectivity index (χ1v) is 9.77. The first-order valence-electron chi connectivity index (χ1n) is 7.92. The third-order valence-corrected chi connectivity index (χ3v) is 5.75. The molecule has 0 aromatic carbocycles. The number of hydrogen-bond donors (Lipinski definition) is 0. The standard InChI is InChI=1S/C15H22N4O4S/c1-15(2)10-23-14(20)19(15)13-8-16-7-12(17-13)11-5-4-6-18(9-11)24(3,21)22/h7-8,11H,4-6,9-10H2,1-3H3/t11-/m0/s1. The van der Waals surface area contributed by atoms with Crippen molar-refractivity contribution in [3.8, 4) is 0 Å². The Hall–Kier alpha value is -1.74. The summed E-state index contributed by atoms with van der Waals surface area (Å²) in [4.78, 5) is 22.3. The predicted octanol–water partition coefficient (Wildman–Crippen LogP) is 1.35. The third kappa shape index (κ3) is 3.23. The fourth-order valence-electron chi connectivity index (χ4n) is 3.18. The number of carbonyl (C=O) groups excluding carboxylic acids is 1. The Morgan fingerprint density at radius 3 is 2.71 bits per heavy atom. The average molecular weight is 354 g/mol. The van der Waals surface area contributed by atoms with Crippen LogP contribution in [0.3, 0.4) is 0 Å². The Bertz CT molecular complexity index is 750. The normalized spacial score (nSPS) is 24.9. The molecule has 0 aliphatic carbocycles. The summed E-state index contributed by atoms with van der Waals surface area (Å²) in [6.45, 7) is 5.03. The molecule has 1 amide bonds. The van der Waals surface area contributed by atoms with Gasteiger partial charge in [0.25, 0.3) is 0 Å². The van der Waals surface area contributed by atoms with Crippen LogP contribution in [0.15, 0.2) is 12.4 Å². The lowest BCUT2D eigenvalue weighted by molar-refractivity contribution is 0.175. The zero-order chi connectivity index (χ0) is 17.5. The molecule has 3 rings (SSSR count). The number of piperidine rings is 1. The molecule has 2 saturated heterocycles. The Morgan fingerprint density at radius 1 is 1.33 bits per heavy atom. The van der Waals surface area contributed by atoms with E-state index < -0.39 is 21.7 Å². The number of anilines is 1. The highest BCUT2D eigenvalue weighted by molar-refractivity contribution is 7.88. The topological polar surface area (TPSA) is 92.7 Å². The van der Waals surface area contributed by atoms with Crippen molar-refractivity contribution in [3.05, 3.63) is 18.1 Å². The molecule has 2 aliphatic rings. The maximum Gasteiger partial charge on any atom is 0.416 e. The van der Waals surface area contributed by atoms with Crippen molar-refractivity contribution < 1.29 is 17.9 Å². The molecule has 0 spiro atoms. The maximum atomic E-state index is 12.0. The van der Waals surface area contributed by atoms with Gasteiger partial charge in [0.1, 0.15) is 6.61 Å². The zero-order valence-corrected chi connectivity index (χ0v) is 14.9. The van der Waals surface area contributed by atoms with E-state index in [2.05, 4.69) is 9.97 Å². The molecule has 132 valence electrons. The lowest BCUT2D eigenvalue weighted by Gasteiger charge is -2.31. The number of cyclic esters (lactones) is 1. The van der Waals surface area contributed by atoms with Crippen LogP contribution in [0.1, 0.15) is 38.3 Å². The van der Waals surface area contributed by atoms with Crippen LogP contribution in [0.25, 0.3) is 0 Å². The van der Waals surface area contributed by atoms with Crippen LogP contribution in [0.2, 0.25) is 0 Å². The Kier molecular flexibility index (Phi) is 4.25. The van der Waals surface area contributed by atoms with Crippen molar-refractivity contribution in [2.45, 2.75) is 38.1 Å². The van der Waals surface area contributed by atoms with Gasteiger partial charge in [0.2, 0.25) is 10.0 Å². The van der Waals surface area contributed by atoms with Gasteiger partial charge in [-0.3, -0.25) is 9.88 Å². The molecule has 1 aromatic rings. The third-order valence-electron chi connectivity index (χ3n) is 4.48. The molecule has 0 radical (unpaired) electrons. The Labute approximate surface area is 141 Å². The smallest absolute Gasteiger partial charge is 0.416 e. The van der Waals surface area contributed by atoms with E-state index in [9.17, 15) is 13.2 Å². The largest absolute Gasteiger partial charge is 0.447 e. The zero-order valence-electron chi connectivity index (χ0n) is 14.1. The fourth-order valence-corrected chi connectivity index (χ4v) is 4.09. The highest BCUT2D eigenvalue weighted by atomic mass is 32.2. The van der Waals surface area contributed by atoms with E-state index in [0.29, 0.717) is 31.2 Å². The first kappa shape index (κ1) is 17.1. The molecule has 0 bridgehead atoms. The van der Waals surface area contributed by atoms with Crippen LogP contribution >= 0.6 is 0 Å². The van der Waals surface area contributed by atoms with Gasteiger partial charge in [0, 0.05) is 25.2 Å². The molecule has 9 heteroatoms. The summed E-state index contributed by atoms with van der Waals surface area (Å²) in [5, 5.41) is 0. The minimum absolute atomic E-state index is 0.0253. The van der Waals surface area contributed by atoms with Crippen LogP contribution in [-0.4, -0.2) is 60.3 Å². The average Bonchev–Trinajstić information content (AvgIpc) is 2.80. The number of carbonyl (C=O) groups is 1. The van der Waals surface area contributed by atoms with E-state index in [0.717, 1.165) is 12.8 Å². The van der Waals surface area contributed by atoms with Gasteiger partial charge in [-0.25, -0.2) is 22.5 Å². The van der Waals surface area contributed by atoms with Gasteiger partial charge in [-0.15, -0.1) is 0 Å². The lowest BCUT2D eigenvalue weighted by atomic mass is 9.96. The van der Waals surface area contributed by atoms with E-state index in [4.69, 9.17) is 4.74 Å². The molecule has 0 unspecified atom stereocenters. The molecule has 1 aromatic heterocycles. The number of sulfonamides is 1. The highest BCUT2D eigenvalue weighted by Crippen LogP contribution is 2.31. The van der Waals surface area contributed by atoms with Gasteiger partial charge >= 0.3 is 6.09 Å². The molecular formula is C15H22N4O4S. The van der Waals surface area contributed by atoms with E-state index in [-0.39, 0.29) is 5.92 Å². The van der Waals surface area contributed by atoms with Gasteiger partial charge in [0.05, 0.1) is 23.7 Å². The predicted molar refractivity (Wildman–Crippen MR) is 88.3 cm³/mol. The van der Waals surface area contributed by atoms with Crippen molar-refractivity contribution >= 4 is 21.9 Å². The minimum Gasteiger partial charge on any atom is -0.447 e. The van der Waals surface area contributed by atoms with Gasteiger partial charge in [0.15, 0.2) is 5.82 Å². The molecule has 0 N–H and O–H groups in total. The van der Waals surface area contributed by atoms with E-state index in [1.165, 1.54) is 21.7 Å². The van der Waals surface area contributed by atoms with Crippen LogP contribution in [0.5, 0.6) is 0 Å². The molecule has 24 heavy (non-hydrogen) atoms. The van der Waals surface area contributed by atoms with Crippen LogP contribution in [-0.2, 0) is 14.8 Å². The molecule has 0 saturated carbocycles. The fraction of sp³-hybridized carbons (Fsp3) is 0.667. The number of aromatic nitrogens is 2. The summed E-state index contributed by atoms with van der Waals surface area (Å²) in [5.74, 6) is 0.416. The second kappa shape index (κ2) is 5.96. The summed E-state index contributed by atoms with van der Waals surface area (Å²) in [7, 11) is -3.22. The van der Waals surface area contributed by atoms with Crippen molar-refractivity contribution in [3.63, 3.8) is 0 Å². The molecule has 3 heterocycles. The van der Waals surface area contributed by atoms with E-state index >= 15 is 0 Å². The van der Waals surface area contributed by atoms with Gasteiger partial charge in [-0.2, -0.15) is 0 Å². The monoisotopic (exact) mass is 354 g/mol. The maximum absolute atomic E-state index is 12.0. The van der Waals surface area contributed by atoms with Crippen molar-refractivity contribution in [1.82, 2.24) is 14.3 Å². The van der Waals surface area contributed by atoms with Gasteiger partial charge < -0.3 is 4.74 Å². The highest BCUT2D eigenvalue weighted by Gasteiger charge is 2.42. The SMILES string of the molecule is CC1(C)COC(=O)N1c1cncc([C@H]2CCCN(S(C)(=O)=O)C2)n1. The summed E-state index contributed by atoms with van der Waals surface area (Å²) >= 11 is 0. The summed E-state index contributed by atoms with van der Waals surface area (Å²) in [5.41, 5.74) is 0.215. The molecule has 8 nitrogen and oxygen atoms in total. The number of hydrogen-bond acceptors (Lipinski definition) is 6. The number of nitrogens with zero attached hydrogens (tertiary/aromatic N) is 4. The van der Waals surface area contributed by atoms with Crippen molar-refractivity contribution in [2.75, 3.05) is 30.9 Å². The van der Waals surface area contributed by atoms with Crippen LogP contribution in [0.4, 0.5) is 10.6 Å². The summed E-state index contributed by atoms with van der Waals surface area (Å²) in [6, 6.07) is 0. The summed E-state index contributed by atoms with van der Waals surface area (Å²) in [6.07, 6.45) is 5.59. The second-order valence-electron chi connectivity index (χ2n) is 6.96. The second-order valence-corrected chi connectivity index (χ2v) is 8.95. The molecule has 1 atom stereocenters. The minimum atomic E-state index is -3.22. The van der Waals surface area contributed by atoms with Crippen LogP contribution < -0.4 is 4.90 Å². The first-order chi connectivity index (χ1) is 11.2. The van der Waals surface area contributed by atoms with Crippen molar-refractivity contribution in [1.29, 1.82) is 0 Å². The molecule has 2 aliphatic heterocycles. The summed E-state index contributed by atoms with van der Waals surface area (Å²) < 4.78 is 30.2. The Morgan fingerprint density at radius 2 is 2.08 bits per heavy atom. The van der Waals surface area contributed by atoms with E-state index in [1.54, 1.807) is 6.20 Å². The molecule has 2 fully saturated rings. The van der Waals surface area contributed by atoms with Gasteiger partial charge in [-0.05, 0) is 26.7 Å². The number of ether oxygens (including phenoxy) is 1. The quantitative estimate of drug-likeness (QED) is 0.813. The Balaban J connectivity index is 1.87. The van der Waals surface area contributed by atoms with Crippen LogP contribution in [0, 0.1) is 0 Å². The number of amides is 1. The number of rotatable bonds is 3. The molecular weight excluding hydrogens is 332 g/mol.